The summed E-state index contributed by atoms with van der Waals surface area (Å²) in [6.45, 7) is 1.72. The number of benzene rings is 2. The molecule has 0 fully saturated rings. The van der Waals surface area contributed by atoms with Gasteiger partial charge in [-0.15, -0.1) is 0 Å². The summed E-state index contributed by atoms with van der Waals surface area (Å²) in [5.41, 5.74) is 2.35. The van der Waals surface area contributed by atoms with Crippen molar-refractivity contribution in [2.75, 3.05) is 16.8 Å². The molecule has 0 unspecified atom stereocenters. The molecule has 0 aliphatic carbocycles. The Morgan fingerprint density at radius 3 is 2.52 bits per heavy atom. The van der Waals surface area contributed by atoms with Crippen molar-refractivity contribution in [1.29, 1.82) is 0 Å². The van der Waals surface area contributed by atoms with Gasteiger partial charge in [-0.1, -0.05) is 29.3 Å². The van der Waals surface area contributed by atoms with Crippen LogP contribution in [0.25, 0.3) is 0 Å². The summed E-state index contributed by atoms with van der Waals surface area (Å²) < 4.78 is 0. The quantitative estimate of drug-likeness (QED) is 0.881. The lowest BCUT2D eigenvalue weighted by molar-refractivity contribution is -0.118. The smallest absolute Gasteiger partial charge is 0.299 e. The standard InChI is InChI=1S/C17H13ClN2O3/c1-10-2-5-12(6-3-10)19-15(21)9-20-14-7-4-11(18)8-13(14)16(22)17(20)23/h2-8H,9H2,1H3,(H,19,21). The van der Waals surface area contributed by atoms with E-state index >= 15 is 0 Å². The Hall–Kier alpha value is -2.66. The van der Waals surface area contributed by atoms with Crippen LogP contribution in [0.1, 0.15) is 15.9 Å². The van der Waals surface area contributed by atoms with E-state index in [0.29, 0.717) is 16.4 Å². The number of Topliss-reactive ketones (excluding diaryl/α,β-unsaturated/α-hetero) is 1. The lowest BCUT2D eigenvalue weighted by Crippen LogP contribution is -2.37. The lowest BCUT2D eigenvalue weighted by Gasteiger charge is -2.16. The van der Waals surface area contributed by atoms with E-state index in [2.05, 4.69) is 5.32 Å². The second kappa shape index (κ2) is 5.85. The van der Waals surface area contributed by atoms with Gasteiger partial charge in [-0.3, -0.25) is 19.3 Å². The van der Waals surface area contributed by atoms with Crippen molar-refractivity contribution >= 4 is 40.6 Å². The van der Waals surface area contributed by atoms with E-state index in [1.807, 2.05) is 19.1 Å². The second-order valence-electron chi connectivity index (χ2n) is 5.30. The van der Waals surface area contributed by atoms with Crippen LogP contribution in [0.5, 0.6) is 0 Å². The molecule has 0 atom stereocenters. The summed E-state index contributed by atoms with van der Waals surface area (Å²) in [4.78, 5) is 37.3. The first-order chi connectivity index (χ1) is 11.0. The van der Waals surface area contributed by atoms with Gasteiger partial charge in [0.2, 0.25) is 5.91 Å². The number of nitrogens with zero attached hydrogens (tertiary/aromatic N) is 1. The Morgan fingerprint density at radius 2 is 1.83 bits per heavy atom. The number of nitrogens with one attached hydrogen (secondary N) is 1. The fourth-order valence-electron chi connectivity index (χ4n) is 2.41. The van der Waals surface area contributed by atoms with Crippen molar-refractivity contribution in [1.82, 2.24) is 0 Å². The van der Waals surface area contributed by atoms with Crippen LogP contribution in [-0.4, -0.2) is 24.1 Å². The summed E-state index contributed by atoms with van der Waals surface area (Å²) in [7, 11) is 0. The van der Waals surface area contributed by atoms with E-state index in [9.17, 15) is 14.4 Å². The van der Waals surface area contributed by atoms with Crippen LogP contribution in [0.4, 0.5) is 11.4 Å². The molecule has 23 heavy (non-hydrogen) atoms. The highest BCUT2D eigenvalue weighted by atomic mass is 35.5. The Balaban J connectivity index is 1.78. The Labute approximate surface area is 137 Å². The summed E-state index contributed by atoms with van der Waals surface area (Å²) in [5.74, 6) is -1.75. The monoisotopic (exact) mass is 328 g/mol. The maximum absolute atomic E-state index is 12.1. The van der Waals surface area contributed by atoms with E-state index in [1.165, 1.54) is 6.07 Å². The predicted octanol–water partition coefficient (Wildman–Crippen LogP) is 2.82. The maximum Gasteiger partial charge on any atom is 0.299 e. The van der Waals surface area contributed by atoms with E-state index in [-0.39, 0.29) is 18.0 Å². The van der Waals surface area contributed by atoms with Gasteiger partial charge in [0.05, 0.1) is 11.3 Å². The van der Waals surface area contributed by atoms with Gasteiger partial charge >= 0.3 is 0 Å². The molecular weight excluding hydrogens is 316 g/mol. The SMILES string of the molecule is Cc1ccc(NC(=O)CN2C(=O)C(=O)c3cc(Cl)ccc32)cc1. The molecule has 2 aromatic rings. The Bertz CT molecular complexity index is 815. The summed E-state index contributed by atoms with van der Waals surface area (Å²) >= 11 is 5.85. The number of hydrogen-bond donors (Lipinski definition) is 1. The number of hydrogen-bond acceptors (Lipinski definition) is 3. The predicted molar refractivity (Wildman–Crippen MR) is 87.9 cm³/mol. The average Bonchev–Trinajstić information content (AvgIpc) is 2.74. The van der Waals surface area contributed by atoms with Gasteiger partial charge in [-0.25, -0.2) is 0 Å². The number of rotatable bonds is 3. The van der Waals surface area contributed by atoms with Gasteiger partial charge in [0.15, 0.2) is 0 Å². The summed E-state index contributed by atoms with van der Waals surface area (Å²) in [6.07, 6.45) is 0. The first-order valence-corrected chi connectivity index (χ1v) is 7.36. The molecule has 2 amide bonds. The molecule has 1 N–H and O–H groups in total. The number of aryl methyl sites for hydroxylation is 1. The number of ketones is 1. The molecule has 1 heterocycles. The van der Waals surface area contributed by atoms with E-state index in [1.54, 1.807) is 24.3 Å². The van der Waals surface area contributed by atoms with Crippen molar-refractivity contribution in [3.05, 3.63) is 58.6 Å². The van der Waals surface area contributed by atoms with Crippen molar-refractivity contribution in [3.8, 4) is 0 Å². The van der Waals surface area contributed by atoms with Gasteiger partial charge in [0.25, 0.3) is 11.7 Å². The highest BCUT2D eigenvalue weighted by Crippen LogP contribution is 2.31. The van der Waals surface area contributed by atoms with Crippen LogP contribution in [0, 0.1) is 6.92 Å². The number of carbonyl (C=O) groups excluding carboxylic acids is 3. The summed E-state index contributed by atoms with van der Waals surface area (Å²) in [6, 6.07) is 11.9. The maximum atomic E-state index is 12.1. The Morgan fingerprint density at radius 1 is 1.13 bits per heavy atom. The molecule has 6 heteroatoms. The van der Waals surface area contributed by atoms with Crippen molar-refractivity contribution in [2.45, 2.75) is 6.92 Å². The molecule has 2 aromatic carbocycles. The van der Waals surface area contributed by atoms with E-state index in [0.717, 1.165) is 10.5 Å². The first-order valence-electron chi connectivity index (χ1n) is 6.98. The number of anilines is 2. The third kappa shape index (κ3) is 2.96. The molecule has 0 aromatic heterocycles. The van der Waals surface area contributed by atoms with Crippen LogP contribution >= 0.6 is 11.6 Å². The molecular formula is C17H13ClN2O3. The van der Waals surface area contributed by atoms with Gasteiger partial charge in [0, 0.05) is 10.7 Å². The molecule has 0 radical (unpaired) electrons. The molecule has 3 rings (SSSR count). The molecule has 116 valence electrons. The minimum absolute atomic E-state index is 0.227. The largest absolute Gasteiger partial charge is 0.325 e. The first kappa shape index (κ1) is 15.2. The van der Waals surface area contributed by atoms with Crippen molar-refractivity contribution in [3.63, 3.8) is 0 Å². The van der Waals surface area contributed by atoms with Crippen LogP contribution in [0.15, 0.2) is 42.5 Å². The highest BCUT2D eigenvalue weighted by molar-refractivity contribution is 6.53. The zero-order valence-corrected chi connectivity index (χ0v) is 13.1. The summed E-state index contributed by atoms with van der Waals surface area (Å²) in [5, 5.41) is 3.07. The number of fused-ring (bicyclic) bond motifs is 1. The zero-order chi connectivity index (χ0) is 16.6. The Kier molecular flexibility index (Phi) is 3.88. The lowest BCUT2D eigenvalue weighted by atomic mass is 10.1. The van der Waals surface area contributed by atoms with Crippen molar-refractivity contribution < 1.29 is 14.4 Å². The molecule has 0 bridgehead atoms. The molecule has 0 saturated heterocycles. The normalized spacial score (nSPS) is 13.2. The van der Waals surface area contributed by atoms with Gasteiger partial charge < -0.3 is 5.32 Å². The van der Waals surface area contributed by atoms with E-state index in [4.69, 9.17) is 11.6 Å². The third-order valence-electron chi connectivity index (χ3n) is 3.57. The number of carbonyl (C=O) groups is 3. The highest BCUT2D eigenvalue weighted by Gasteiger charge is 2.36. The van der Waals surface area contributed by atoms with Gasteiger partial charge in [0.1, 0.15) is 6.54 Å². The molecule has 1 aliphatic rings. The fourth-order valence-corrected chi connectivity index (χ4v) is 2.58. The fraction of sp³-hybridized carbons (Fsp3) is 0.118. The van der Waals surface area contributed by atoms with Crippen LogP contribution < -0.4 is 10.2 Å². The van der Waals surface area contributed by atoms with Gasteiger partial charge in [-0.2, -0.15) is 0 Å². The minimum atomic E-state index is -0.721. The second-order valence-corrected chi connectivity index (χ2v) is 5.73. The van der Waals surface area contributed by atoms with Crippen LogP contribution in [0.3, 0.4) is 0 Å². The average molecular weight is 329 g/mol. The van der Waals surface area contributed by atoms with Gasteiger partial charge in [-0.05, 0) is 37.3 Å². The molecule has 0 spiro atoms. The van der Waals surface area contributed by atoms with E-state index < -0.39 is 11.7 Å². The molecule has 1 aliphatic heterocycles. The number of amides is 2. The van der Waals surface area contributed by atoms with Crippen LogP contribution in [-0.2, 0) is 9.59 Å². The number of halogens is 1. The molecule has 0 saturated carbocycles. The minimum Gasteiger partial charge on any atom is -0.325 e. The topological polar surface area (TPSA) is 66.5 Å². The van der Waals surface area contributed by atoms with Crippen LogP contribution in [0.2, 0.25) is 5.02 Å². The van der Waals surface area contributed by atoms with Crippen molar-refractivity contribution in [2.24, 2.45) is 0 Å². The third-order valence-corrected chi connectivity index (χ3v) is 3.81. The molecule has 5 nitrogen and oxygen atoms in total. The zero-order valence-electron chi connectivity index (χ0n) is 12.3.